The van der Waals surface area contributed by atoms with Crippen LogP contribution in [0.2, 0.25) is 0 Å². The normalized spacial score (nSPS) is 12.8. The van der Waals surface area contributed by atoms with Crippen LogP contribution in [0.15, 0.2) is 57.9 Å². The average Bonchev–Trinajstić information content (AvgIpc) is 3.12. The third kappa shape index (κ3) is 5.59. The van der Waals surface area contributed by atoms with Crippen LogP contribution in [0.1, 0.15) is 16.8 Å². The number of fused-ring (bicyclic) bond motifs is 1. The zero-order valence-corrected chi connectivity index (χ0v) is 16.7. The lowest BCUT2D eigenvalue weighted by atomic mass is 10.1. The standard InChI is InChI=1S/C19H17ClF3N5S/c1-24-17(20)15(7-13-10-28-18-14(13)3-2-6-26-18)29-11-25-8-12-4-5-16(27-9-12)19(21,22)23/h2-6,9-10,25H,1,7-8,11H2,(H,26,28)/b17-15-. The van der Waals surface area contributed by atoms with Gasteiger partial charge >= 0.3 is 6.18 Å². The molecule has 0 aliphatic heterocycles. The van der Waals surface area contributed by atoms with Gasteiger partial charge in [0, 0.05) is 47.7 Å². The Balaban J connectivity index is 1.58. The highest BCUT2D eigenvalue weighted by molar-refractivity contribution is 8.03. The van der Waals surface area contributed by atoms with Crippen LogP contribution < -0.4 is 5.32 Å². The third-order valence-electron chi connectivity index (χ3n) is 4.05. The Bertz CT molecular complexity index is 1010. The fraction of sp³-hybridized carbons (Fsp3) is 0.211. The smallest absolute Gasteiger partial charge is 0.346 e. The van der Waals surface area contributed by atoms with E-state index in [-0.39, 0.29) is 0 Å². The van der Waals surface area contributed by atoms with Crippen molar-refractivity contribution in [3.05, 3.63) is 69.7 Å². The first-order valence-electron chi connectivity index (χ1n) is 8.50. The number of aromatic nitrogens is 3. The topological polar surface area (TPSA) is 66.0 Å². The minimum absolute atomic E-state index is 0.311. The van der Waals surface area contributed by atoms with Crippen molar-refractivity contribution in [2.75, 3.05) is 5.88 Å². The van der Waals surface area contributed by atoms with E-state index < -0.39 is 11.9 Å². The van der Waals surface area contributed by atoms with Crippen LogP contribution in [0.25, 0.3) is 11.0 Å². The molecule has 3 aromatic rings. The van der Waals surface area contributed by atoms with Gasteiger partial charge in [0.05, 0.1) is 0 Å². The van der Waals surface area contributed by atoms with Crippen molar-refractivity contribution in [3.63, 3.8) is 0 Å². The van der Waals surface area contributed by atoms with Crippen molar-refractivity contribution < 1.29 is 13.2 Å². The highest BCUT2D eigenvalue weighted by Gasteiger charge is 2.31. The summed E-state index contributed by atoms with van der Waals surface area (Å²) in [5.74, 6) is 0.489. The van der Waals surface area contributed by atoms with E-state index in [1.807, 2.05) is 18.3 Å². The van der Waals surface area contributed by atoms with Crippen LogP contribution in [0.5, 0.6) is 0 Å². The molecule has 3 aromatic heterocycles. The summed E-state index contributed by atoms with van der Waals surface area (Å²) in [5, 5.41) is 4.47. The number of aromatic amines is 1. The quantitative estimate of drug-likeness (QED) is 0.221. The molecule has 0 aliphatic rings. The summed E-state index contributed by atoms with van der Waals surface area (Å²) in [5.41, 5.74) is 1.57. The molecule has 0 saturated carbocycles. The fourth-order valence-corrected chi connectivity index (χ4v) is 3.68. The van der Waals surface area contributed by atoms with Gasteiger partial charge in [0.2, 0.25) is 0 Å². The number of hydrogen-bond donors (Lipinski definition) is 2. The molecule has 152 valence electrons. The van der Waals surface area contributed by atoms with Gasteiger partial charge in [-0.15, -0.1) is 11.8 Å². The zero-order chi connectivity index (χ0) is 20.9. The Morgan fingerprint density at radius 3 is 2.79 bits per heavy atom. The van der Waals surface area contributed by atoms with Crippen molar-refractivity contribution in [2.24, 2.45) is 4.99 Å². The maximum atomic E-state index is 12.6. The Hall–Kier alpha value is -2.36. The number of H-pyrrole nitrogens is 1. The van der Waals surface area contributed by atoms with E-state index >= 15 is 0 Å². The van der Waals surface area contributed by atoms with Gasteiger partial charge in [-0.3, -0.25) is 9.98 Å². The largest absolute Gasteiger partial charge is 0.433 e. The molecule has 0 spiro atoms. The number of rotatable bonds is 8. The van der Waals surface area contributed by atoms with E-state index in [0.717, 1.165) is 27.6 Å². The van der Waals surface area contributed by atoms with Gasteiger partial charge < -0.3 is 10.3 Å². The lowest BCUT2D eigenvalue weighted by Crippen LogP contribution is -2.14. The lowest BCUT2D eigenvalue weighted by Gasteiger charge is -2.10. The molecule has 29 heavy (non-hydrogen) atoms. The summed E-state index contributed by atoms with van der Waals surface area (Å²) in [7, 11) is 0. The molecule has 0 bridgehead atoms. The number of nitrogens with one attached hydrogen (secondary N) is 2. The van der Waals surface area contributed by atoms with E-state index in [0.29, 0.717) is 29.6 Å². The van der Waals surface area contributed by atoms with Gasteiger partial charge in [0.15, 0.2) is 0 Å². The summed E-state index contributed by atoms with van der Waals surface area (Å²) in [6, 6.07) is 6.21. The molecule has 0 fully saturated rings. The number of aliphatic imine (C=N–C) groups is 1. The summed E-state index contributed by atoms with van der Waals surface area (Å²) >= 11 is 7.67. The van der Waals surface area contributed by atoms with Gasteiger partial charge in [-0.1, -0.05) is 17.7 Å². The molecule has 2 N–H and O–H groups in total. The van der Waals surface area contributed by atoms with Crippen molar-refractivity contribution in [1.29, 1.82) is 0 Å². The van der Waals surface area contributed by atoms with Gasteiger partial charge in [0.1, 0.15) is 16.5 Å². The Labute approximate surface area is 174 Å². The molecule has 3 rings (SSSR count). The zero-order valence-electron chi connectivity index (χ0n) is 15.1. The fourth-order valence-electron chi connectivity index (χ4n) is 2.63. The highest BCUT2D eigenvalue weighted by Crippen LogP contribution is 2.29. The number of pyridine rings is 2. The molecule has 0 aliphatic carbocycles. The Morgan fingerprint density at radius 1 is 1.28 bits per heavy atom. The maximum absolute atomic E-state index is 12.6. The average molecular weight is 440 g/mol. The van der Waals surface area contributed by atoms with Crippen molar-refractivity contribution in [2.45, 2.75) is 19.1 Å². The molecule has 0 radical (unpaired) electrons. The second-order valence-electron chi connectivity index (χ2n) is 6.03. The van der Waals surface area contributed by atoms with Crippen LogP contribution in [0.3, 0.4) is 0 Å². The monoisotopic (exact) mass is 439 g/mol. The van der Waals surface area contributed by atoms with Gasteiger partial charge in [-0.25, -0.2) is 4.98 Å². The van der Waals surface area contributed by atoms with Crippen LogP contribution in [-0.4, -0.2) is 27.5 Å². The summed E-state index contributed by atoms with van der Waals surface area (Å²) in [4.78, 5) is 15.5. The van der Waals surface area contributed by atoms with E-state index in [1.54, 1.807) is 6.20 Å². The molecule has 0 unspecified atom stereocenters. The number of nitrogens with zero attached hydrogens (tertiary/aromatic N) is 3. The molecule has 0 aromatic carbocycles. The Morgan fingerprint density at radius 2 is 2.10 bits per heavy atom. The van der Waals surface area contributed by atoms with Gasteiger partial charge in [-0.2, -0.15) is 13.2 Å². The summed E-state index contributed by atoms with van der Waals surface area (Å²) < 4.78 is 37.7. The first kappa shape index (κ1) is 21.4. The molecule has 5 nitrogen and oxygen atoms in total. The number of allylic oxidation sites excluding steroid dienone is 1. The van der Waals surface area contributed by atoms with Crippen molar-refractivity contribution >= 4 is 41.1 Å². The molecule has 0 amide bonds. The first-order chi connectivity index (χ1) is 13.9. The molecule has 3 heterocycles. The number of thioether (sulfide) groups is 1. The second-order valence-corrected chi connectivity index (χ2v) is 7.46. The van der Waals surface area contributed by atoms with Crippen molar-refractivity contribution in [3.8, 4) is 0 Å². The minimum atomic E-state index is -4.44. The SMILES string of the molecule is C=N/C(Cl)=C(/Cc1c[nH]c2ncccc12)SCNCc1ccc(C(F)(F)F)nc1. The van der Waals surface area contributed by atoms with Gasteiger partial charge in [0.25, 0.3) is 0 Å². The van der Waals surface area contributed by atoms with E-state index in [9.17, 15) is 13.2 Å². The number of hydrogen-bond acceptors (Lipinski definition) is 5. The predicted octanol–water partition coefficient (Wildman–Crippen LogP) is 5.11. The van der Waals surface area contributed by atoms with Gasteiger partial charge in [-0.05, 0) is 36.0 Å². The molecule has 10 heteroatoms. The van der Waals surface area contributed by atoms with Crippen LogP contribution in [0, 0.1) is 0 Å². The number of alkyl halides is 3. The van der Waals surface area contributed by atoms with Crippen molar-refractivity contribution in [1.82, 2.24) is 20.3 Å². The molecule has 0 saturated heterocycles. The number of halogens is 4. The van der Waals surface area contributed by atoms with Crippen LogP contribution >= 0.6 is 23.4 Å². The first-order valence-corrected chi connectivity index (χ1v) is 9.87. The third-order valence-corrected chi connectivity index (χ3v) is 5.54. The summed E-state index contributed by atoms with van der Waals surface area (Å²) in [6.45, 7) is 3.86. The highest BCUT2D eigenvalue weighted by atomic mass is 35.5. The van der Waals surface area contributed by atoms with E-state index in [1.165, 1.54) is 24.0 Å². The minimum Gasteiger partial charge on any atom is -0.346 e. The summed E-state index contributed by atoms with van der Waals surface area (Å²) in [6.07, 6.45) is 0.930. The van der Waals surface area contributed by atoms with E-state index in [2.05, 4.69) is 32.0 Å². The Kier molecular flexibility index (Phi) is 6.94. The van der Waals surface area contributed by atoms with E-state index in [4.69, 9.17) is 11.6 Å². The molecule has 0 atom stereocenters. The maximum Gasteiger partial charge on any atom is 0.433 e. The lowest BCUT2D eigenvalue weighted by molar-refractivity contribution is -0.141. The second kappa shape index (κ2) is 9.43. The molecular formula is C19H17ClF3N5S. The van der Waals surface area contributed by atoms with Crippen LogP contribution in [0.4, 0.5) is 13.2 Å². The van der Waals surface area contributed by atoms with Crippen LogP contribution in [-0.2, 0) is 19.1 Å². The molecular weight excluding hydrogens is 423 g/mol. The predicted molar refractivity (Wildman–Crippen MR) is 111 cm³/mol.